The number of aryl methyl sites for hydroxylation is 1. The van der Waals surface area contributed by atoms with Gasteiger partial charge < -0.3 is 15.0 Å². The maximum Gasteiger partial charge on any atom is 0.230 e. The number of ether oxygens (including phenoxy) is 1. The fourth-order valence-electron chi connectivity index (χ4n) is 3.14. The number of amides is 1. The van der Waals surface area contributed by atoms with E-state index in [0.29, 0.717) is 10.8 Å². The van der Waals surface area contributed by atoms with E-state index in [1.807, 2.05) is 30.3 Å². The molecule has 3 rings (SSSR count). The van der Waals surface area contributed by atoms with Crippen molar-refractivity contribution in [3.05, 3.63) is 53.1 Å². The van der Waals surface area contributed by atoms with Crippen molar-refractivity contribution >= 4 is 35.0 Å². The molecule has 1 heterocycles. The third-order valence-electron chi connectivity index (χ3n) is 4.49. The third-order valence-corrected chi connectivity index (χ3v) is 5.90. The number of hydrogen-bond acceptors (Lipinski definition) is 4. The zero-order valence-corrected chi connectivity index (χ0v) is 16.6. The van der Waals surface area contributed by atoms with Crippen LogP contribution < -0.4 is 15.0 Å². The second-order valence-electron chi connectivity index (χ2n) is 6.37. The Kier molecular flexibility index (Phi) is 6.33. The number of methoxy groups -OCH3 is 1. The van der Waals surface area contributed by atoms with Crippen LogP contribution >= 0.6 is 23.4 Å². The summed E-state index contributed by atoms with van der Waals surface area (Å²) >= 11 is 7.71. The van der Waals surface area contributed by atoms with E-state index in [9.17, 15) is 4.79 Å². The summed E-state index contributed by atoms with van der Waals surface area (Å²) in [6, 6.07) is 13.9. The number of nitrogens with one attached hydrogen (secondary N) is 1. The van der Waals surface area contributed by atoms with Crippen LogP contribution in [0.15, 0.2) is 47.4 Å². The second-order valence-corrected chi connectivity index (χ2v) is 7.82. The van der Waals surface area contributed by atoms with Gasteiger partial charge in [0.25, 0.3) is 0 Å². The van der Waals surface area contributed by atoms with Crippen LogP contribution in [0.2, 0.25) is 5.02 Å². The van der Waals surface area contributed by atoms with Crippen LogP contribution in [0.5, 0.6) is 5.75 Å². The molecule has 1 atom stereocenters. The van der Waals surface area contributed by atoms with Gasteiger partial charge in [-0.15, -0.1) is 11.8 Å². The van der Waals surface area contributed by atoms with Crippen LogP contribution in [-0.4, -0.2) is 37.9 Å². The number of nitrogens with zero attached hydrogens (tertiary/aromatic N) is 1. The highest BCUT2D eigenvalue weighted by atomic mass is 35.5. The number of benzene rings is 2. The molecular weight excluding hydrogens is 368 g/mol. The summed E-state index contributed by atoms with van der Waals surface area (Å²) in [5.74, 6) is 1.31. The average molecular weight is 391 g/mol. The number of carbonyl (C=O) groups excluding carboxylic acids is 1. The van der Waals surface area contributed by atoms with Gasteiger partial charge in [-0.1, -0.05) is 29.8 Å². The van der Waals surface area contributed by atoms with Gasteiger partial charge >= 0.3 is 0 Å². The Balaban J connectivity index is 1.54. The number of anilines is 1. The molecule has 1 amide bonds. The molecule has 0 aromatic heterocycles. The van der Waals surface area contributed by atoms with Crippen molar-refractivity contribution in [1.82, 2.24) is 5.32 Å². The average Bonchev–Trinajstić information content (AvgIpc) is 3.09. The van der Waals surface area contributed by atoms with Gasteiger partial charge in [0.05, 0.1) is 18.6 Å². The third kappa shape index (κ3) is 4.65. The molecule has 2 aromatic rings. The largest absolute Gasteiger partial charge is 0.495 e. The van der Waals surface area contributed by atoms with Gasteiger partial charge in [0, 0.05) is 29.0 Å². The summed E-state index contributed by atoms with van der Waals surface area (Å²) in [7, 11) is 1.66. The highest BCUT2D eigenvalue weighted by molar-refractivity contribution is 8.00. The van der Waals surface area contributed by atoms with Crippen LogP contribution in [-0.2, 0) is 4.79 Å². The maximum absolute atomic E-state index is 12.3. The molecule has 0 radical (unpaired) electrons. The molecule has 0 aliphatic carbocycles. The van der Waals surface area contributed by atoms with Gasteiger partial charge in [-0.25, -0.2) is 0 Å². The molecule has 1 unspecified atom stereocenters. The molecule has 6 heteroatoms. The molecule has 138 valence electrons. The van der Waals surface area contributed by atoms with E-state index in [2.05, 4.69) is 29.3 Å². The predicted molar refractivity (Wildman–Crippen MR) is 109 cm³/mol. The minimum absolute atomic E-state index is 0.0724. The number of thioether (sulfide) groups is 1. The van der Waals surface area contributed by atoms with Crippen LogP contribution in [0.4, 0.5) is 5.69 Å². The molecular formula is C20H23ClN2O2S. The number of hydrogen-bond donors (Lipinski definition) is 1. The quantitative estimate of drug-likeness (QED) is 0.752. The Labute approximate surface area is 163 Å². The normalized spacial score (nSPS) is 16.6. The van der Waals surface area contributed by atoms with E-state index in [4.69, 9.17) is 16.3 Å². The van der Waals surface area contributed by atoms with Gasteiger partial charge in [-0.3, -0.25) is 4.79 Å². The molecule has 1 aliphatic heterocycles. The molecule has 4 nitrogen and oxygen atoms in total. The van der Waals surface area contributed by atoms with Gasteiger partial charge in [0.1, 0.15) is 5.75 Å². The van der Waals surface area contributed by atoms with Gasteiger partial charge in [-0.05, 0) is 43.2 Å². The van der Waals surface area contributed by atoms with Gasteiger partial charge in [0.2, 0.25) is 5.91 Å². The first kappa shape index (κ1) is 18.9. The monoisotopic (exact) mass is 390 g/mol. The molecule has 1 fully saturated rings. The molecule has 0 saturated carbocycles. The first-order valence-electron chi connectivity index (χ1n) is 8.63. The highest BCUT2D eigenvalue weighted by Gasteiger charge is 2.26. The van der Waals surface area contributed by atoms with Crippen molar-refractivity contribution in [2.45, 2.75) is 24.3 Å². The summed E-state index contributed by atoms with van der Waals surface area (Å²) < 4.78 is 5.44. The Morgan fingerprint density at radius 2 is 2.15 bits per heavy atom. The zero-order chi connectivity index (χ0) is 18.5. The van der Waals surface area contributed by atoms with Gasteiger partial charge in [-0.2, -0.15) is 0 Å². The van der Waals surface area contributed by atoms with E-state index in [-0.39, 0.29) is 11.9 Å². The van der Waals surface area contributed by atoms with Crippen molar-refractivity contribution < 1.29 is 9.53 Å². The van der Waals surface area contributed by atoms with E-state index in [1.165, 1.54) is 5.56 Å². The summed E-state index contributed by atoms with van der Waals surface area (Å²) in [5.41, 5.74) is 2.18. The summed E-state index contributed by atoms with van der Waals surface area (Å²) in [6.07, 6.45) is 0.913. The minimum atomic E-state index is 0.0724. The zero-order valence-electron chi connectivity index (χ0n) is 15.0. The second kappa shape index (κ2) is 8.69. The lowest BCUT2D eigenvalue weighted by Gasteiger charge is -2.21. The Morgan fingerprint density at radius 3 is 2.92 bits per heavy atom. The lowest BCUT2D eigenvalue weighted by atomic mass is 10.2. The van der Waals surface area contributed by atoms with Crippen LogP contribution in [0.25, 0.3) is 0 Å². The Hall–Kier alpha value is -1.85. The molecule has 1 N–H and O–H groups in total. The van der Waals surface area contributed by atoms with Crippen LogP contribution in [0.3, 0.4) is 0 Å². The molecule has 0 bridgehead atoms. The summed E-state index contributed by atoms with van der Waals surface area (Å²) in [5, 5.41) is 3.83. The van der Waals surface area contributed by atoms with Crippen LogP contribution in [0.1, 0.15) is 12.0 Å². The topological polar surface area (TPSA) is 41.6 Å². The SMILES string of the molecule is COc1ccc(Cl)cc1N1CCC(NC(=O)CSc2ccccc2C)C1. The lowest BCUT2D eigenvalue weighted by molar-refractivity contribution is -0.119. The number of rotatable bonds is 6. The minimum Gasteiger partial charge on any atom is -0.495 e. The van der Waals surface area contributed by atoms with Crippen molar-refractivity contribution in [2.75, 3.05) is 30.9 Å². The maximum atomic E-state index is 12.3. The van der Waals surface area contributed by atoms with E-state index >= 15 is 0 Å². The summed E-state index contributed by atoms with van der Waals surface area (Å²) in [4.78, 5) is 15.7. The Morgan fingerprint density at radius 1 is 1.35 bits per heavy atom. The number of halogens is 1. The molecule has 0 spiro atoms. The van der Waals surface area contributed by atoms with E-state index < -0.39 is 0 Å². The standard InChI is InChI=1S/C20H23ClN2O2S/c1-14-5-3-4-6-19(14)26-13-20(24)22-16-9-10-23(12-16)17-11-15(21)7-8-18(17)25-2/h3-8,11,16H,9-10,12-13H2,1-2H3,(H,22,24). The lowest BCUT2D eigenvalue weighted by Crippen LogP contribution is -2.38. The fraction of sp³-hybridized carbons (Fsp3) is 0.350. The van der Waals surface area contributed by atoms with Crippen molar-refractivity contribution in [2.24, 2.45) is 0 Å². The van der Waals surface area contributed by atoms with E-state index in [1.54, 1.807) is 18.9 Å². The van der Waals surface area contributed by atoms with Crippen molar-refractivity contribution in [3.8, 4) is 5.75 Å². The Bertz CT molecular complexity index is 784. The highest BCUT2D eigenvalue weighted by Crippen LogP contribution is 2.33. The fourth-order valence-corrected chi connectivity index (χ4v) is 4.14. The molecule has 1 saturated heterocycles. The molecule has 2 aromatic carbocycles. The van der Waals surface area contributed by atoms with Crippen molar-refractivity contribution in [1.29, 1.82) is 0 Å². The number of carbonyl (C=O) groups is 1. The first-order chi connectivity index (χ1) is 12.6. The van der Waals surface area contributed by atoms with Crippen molar-refractivity contribution in [3.63, 3.8) is 0 Å². The smallest absolute Gasteiger partial charge is 0.230 e. The summed E-state index contributed by atoms with van der Waals surface area (Å²) in [6.45, 7) is 3.69. The van der Waals surface area contributed by atoms with Crippen LogP contribution in [0, 0.1) is 6.92 Å². The predicted octanol–water partition coefficient (Wildman–Crippen LogP) is 4.14. The van der Waals surface area contributed by atoms with Gasteiger partial charge in [0.15, 0.2) is 0 Å². The molecule has 1 aliphatic rings. The molecule has 26 heavy (non-hydrogen) atoms. The van der Waals surface area contributed by atoms with E-state index in [0.717, 1.165) is 35.8 Å². The first-order valence-corrected chi connectivity index (χ1v) is 9.99.